The Morgan fingerprint density at radius 3 is 2.74 bits per heavy atom. The zero-order valence-corrected chi connectivity index (χ0v) is 14.5. The number of likely N-dealkylation sites (tertiary alicyclic amines) is 1. The molecule has 27 heavy (non-hydrogen) atoms. The number of benzene rings is 1. The highest BCUT2D eigenvalue weighted by atomic mass is 16.6. The van der Waals surface area contributed by atoms with Crippen molar-refractivity contribution in [3.05, 3.63) is 68.6 Å². The van der Waals surface area contributed by atoms with Crippen molar-refractivity contribution in [3.63, 3.8) is 0 Å². The van der Waals surface area contributed by atoms with Gasteiger partial charge in [-0.05, 0) is 24.1 Å². The first-order valence-electron chi connectivity index (χ1n) is 8.44. The SMILES string of the molecule is O=C(Cn1cc([N+](=O)[O-])ccc1=O)Nc1cccc(CN2CCCC2=O)c1. The zero-order chi connectivity index (χ0) is 19.4. The van der Waals surface area contributed by atoms with Gasteiger partial charge in [0.25, 0.3) is 11.2 Å². The van der Waals surface area contributed by atoms with Crippen molar-refractivity contribution >= 4 is 23.2 Å². The van der Waals surface area contributed by atoms with E-state index in [9.17, 15) is 24.5 Å². The van der Waals surface area contributed by atoms with Gasteiger partial charge in [-0.2, -0.15) is 0 Å². The second kappa shape index (κ2) is 7.81. The smallest absolute Gasteiger partial charge is 0.285 e. The van der Waals surface area contributed by atoms with Gasteiger partial charge in [0, 0.05) is 37.3 Å². The minimum Gasteiger partial charge on any atom is -0.338 e. The quantitative estimate of drug-likeness (QED) is 0.611. The first kappa shape index (κ1) is 18.3. The maximum atomic E-state index is 12.2. The second-order valence-corrected chi connectivity index (χ2v) is 6.28. The molecule has 1 aromatic heterocycles. The molecule has 0 unspecified atom stereocenters. The van der Waals surface area contributed by atoms with Crippen LogP contribution in [0, 0.1) is 10.1 Å². The summed E-state index contributed by atoms with van der Waals surface area (Å²) in [6.07, 6.45) is 2.46. The van der Waals surface area contributed by atoms with Gasteiger partial charge in [-0.25, -0.2) is 0 Å². The van der Waals surface area contributed by atoms with Crippen molar-refractivity contribution < 1.29 is 14.5 Å². The highest BCUT2D eigenvalue weighted by molar-refractivity contribution is 5.90. The molecule has 1 N–H and O–H groups in total. The Morgan fingerprint density at radius 2 is 2.04 bits per heavy atom. The maximum absolute atomic E-state index is 12.2. The van der Waals surface area contributed by atoms with Crippen molar-refractivity contribution in [1.82, 2.24) is 9.47 Å². The fourth-order valence-corrected chi connectivity index (χ4v) is 2.94. The van der Waals surface area contributed by atoms with Crippen LogP contribution in [0.1, 0.15) is 18.4 Å². The summed E-state index contributed by atoms with van der Waals surface area (Å²) in [4.78, 5) is 47.7. The fourth-order valence-electron chi connectivity index (χ4n) is 2.94. The number of anilines is 1. The number of hydrogen-bond acceptors (Lipinski definition) is 5. The summed E-state index contributed by atoms with van der Waals surface area (Å²) in [5.74, 6) is -0.360. The molecule has 2 aromatic rings. The van der Waals surface area contributed by atoms with E-state index >= 15 is 0 Å². The van der Waals surface area contributed by atoms with Crippen molar-refractivity contribution in [1.29, 1.82) is 0 Å². The largest absolute Gasteiger partial charge is 0.338 e. The normalized spacial score (nSPS) is 13.6. The van der Waals surface area contributed by atoms with E-state index in [1.54, 1.807) is 23.1 Å². The summed E-state index contributed by atoms with van der Waals surface area (Å²) >= 11 is 0. The van der Waals surface area contributed by atoms with E-state index in [4.69, 9.17) is 0 Å². The lowest BCUT2D eigenvalue weighted by molar-refractivity contribution is -0.385. The Hall–Kier alpha value is -3.49. The van der Waals surface area contributed by atoms with E-state index in [-0.39, 0.29) is 18.1 Å². The van der Waals surface area contributed by atoms with E-state index in [0.29, 0.717) is 18.7 Å². The van der Waals surface area contributed by atoms with Crippen LogP contribution in [0.5, 0.6) is 0 Å². The molecule has 140 valence electrons. The summed E-state index contributed by atoms with van der Waals surface area (Å²) in [6, 6.07) is 9.25. The average Bonchev–Trinajstić information content (AvgIpc) is 3.01. The van der Waals surface area contributed by atoms with Crippen molar-refractivity contribution in [2.24, 2.45) is 0 Å². The van der Waals surface area contributed by atoms with Crippen LogP contribution < -0.4 is 10.9 Å². The summed E-state index contributed by atoms with van der Waals surface area (Å²) in [5, 5.41) is 13.5. The molecule has 2 heterocycles. The van der Waals surface area contributed by atoms with Crippen LogP contribution in [0.3, 0.4) is 0 Å². The number of carbonyl (C=O) groups excluding carboxylic acids is 2. The van der Waals surface area contributed by atoms with Gasteiger partial charge in [-0.3, -0.25) is 29.1 Å². The van der Waals surface area contributed by atoms with Gasteiger partial charge in [0.05, 0.1) is 11.1 Å². The molecule has 9 heteroatoms. The predicted molar refractivity (Wildman–Crippen MR) is 97.1 cm³/mol. The van der Waals surface area contributed by atoms with Crippen molar-refractivity contribution in [2.45, 2.75) is 25.9 Å². The highest BCUT2D eigenvalue weighted by Crippen LogP contribution is 2.17. The zero-order valence-electron chi connectivity index (χ0n) is 14.5. The van der Waals surface area contributed by atoms with Crippen LogP contribution in [0.25, 0.3) is 0 Å². The molecule has 1 aliphatic heterocycles. The molecule has 1 aromatic carbocycles. The summed E-state index contributed by atoms with van der Waals surface area (Å²) in [5.41, 5.74) is 0.648. The number of nitro groups is 1. The van der Waals surface area contributed by atoms with Gasteiger partial charge in [0.2, 0.25) is 11.8 Å². The van der Waals surface area contributed by atoms with E-state index in [0.717, 1.165) is 41.4 Å². The molecule has 0 spiro atoms. The number of nitrogens with zero attached hydrogens (tertiary/aromatic N) is 3. The van der Waals surface area contributed by atoms with Gasteiger partial charge in [0.1, 0.15) is 6.54 Å². The Kier molecular flexibility index (Phi) is 5.30. The first-order valence-corrected chi connectivity index (χ1v) is 8.44. The van der Waals surface area contributed by atoms with E-state index < -0.39 is 16.4 Å². The number of pyridine rings is 1. The van der Waals surface area contributed by atoms with Crippen LogP contribution in [-0.2, 0) is 22.7 Å². The van der Waals surface area contributed by atoms with Crippen LogP contribution in [0.15, 0.2) is 47.4 Å². The molecule has 0 aliphatic carbocycles. The number of nitrogens with one attached hydrogen (secondary N) is 1. The lowest BCUT2D eigenvalue weighted by Gasteiger charge is -2.16. The fraction of sp³-hybridized carbons (Fsp3) is 0.278. The van der Waals surface area contributed by atoms with Gasteiger partial charge < -0.3 is 10.2 Å². The van der Waals surface area contributed by atoms with Crippen LogP contribution in [0.2, 0.25) is 0 Å². The van der Waals surface area contributed by atoms with Crippen LogP contribution >= 0.6 is 0 Å². The molecular formula is C18H18N4O5. The molecule has 2 amide bonds. The molecule has 1 fully saturated rings. The summed E-state index contributed by atoms with van der Waals surface area (Å²) in [6.45, 7) is 0.868. The number of aromatic nitrogens is 1. The lowest BCUT2D eigenvalue weighted by atomic mass is 10.2. The molecule has 9 nitrogen and oxygen atoms in total. The van der Waals surface area contributed by atoms with Gasteiger partial charge in [-0.1, -0.05) is 12.1 Å². The topological polar surface area (TPSA) is 115 Å². The average molecular weight is 370 g/mol. The van der Waals surface area contributed by atoms with Crippen molar-refractivity contribution in [2.75, 3.05) is 11.9 Å². The lowest BCUT2D eigenvalue weighted by Crippen LogP contribution is -2.27. The Balaban J connectivity index is 1.67. The molecule has 0 bridgehead atoms. The molecule has 1 aliphatic rings. The minimum atomic E-state index is -0.628. The third-order valence-corrected chi connectivity index (χ3v) is 4.25. The predicted octanol–water partition coefficient (Wildman–Crippen LogP) is 1.52. The Labute approximate surface area is 154 Å². The number of amides is 2. The van der Waals surface area contributed by atoms with Crippen LogP contribution in [-0.4, -0.2) is 32.7 Å². The van der Waals surface area contributed by atoms with Gasteiger partial charge in [-0.15, -0.1) is 0 Å². The van der Waals surface area contributed by atoms with Gasteiger partial charge in [0.15, 0.2) is 0 Å². The molecule has 1 saturated heterocycles. The standard InChI is InChI=1S/C18H18N4O5/c23-16(12-21-11-15(22(26)27)6-7-18(21)25)19-14-4-1-3-13(9-14)10-20-8-2-5-17(20)24/h1,3-4,6-7,9,11H,2,5,8,10,12H2,(H,19,23). The molecule has 0 saturated carbocycles. The minimum absolute atomic E-state index is 0.120. The molecular weight excluding hydrogens is 352 g/mol. The maximum Gasteiger partial charge on any atom is 0.285 e. The Bertz CT molecular complexity index is 953. The van der Waals surface area contributed by atoms with Crippen molar-refractivity contribution in [3.8, 4) is 0 Å². The summed E-state index contributed by atoms with van der Waals surface area (Å²) in [7, 11) is 0. The van der Waals surface area contributed by atoms with E-state index in [1.165, 1.54) is 0 Å². The van der Waals surface area contributed by atoms with E-state index in [1.807, 2.05) is 6.07 Å². The van der Waals surface area contributed by atoms with Crippen LogP contribution in [0.4, 0.5) is 11.4 Å². The third kappa shape index (κ3) is 4.57. The first-order chi connectivity index (χ1) is 12.9. The summed E-state index contributed by atoms with van der Waals surface area (Å²) < 4.78 is 0.986. The highest BCUT2D eigenvalue weighted by Gasteiger charge is 2.20. The molecule has 3 rings (SSSR count). The molecule has 0 atom stereocenters. The Morgan fingerprint density at radius 1 is 1.22 bits per heavy atom. The molecule has 0 radical (unpaired) electrons. The number of hydrogen-bond donors (Lipinski definition) is 1. The number of rotatable bonds is 6. The number of carbonyl (C=O) groups is 2. The van der Waals surface area contributed by atoms with E-state index in [2.05, 4.69) is 5.32 Å². The second-order valence-electron chi connectivity index (χ2n) is 6.28. The monoisotopic (exact) mass is 370 g/mol. The third-order valence-electron chi connectivity index (χ3n) is 4.25. The van der Waals surface area contributed by atoms with Gasteiger partial charge >= 0.3 is 0 Å².